The Balaban J connectivity index is 2.18. The highest BCUT2D eigenvalue weighted by molar-refractivity contribution is 9.10. The van der Waals surface area contributed by atoms with Gasteiger partial charge in [-0.1, -0.05) is 28.1 Å². The average Bonchev–Trinajstić information content (AvgIpc) is 2.92. The van der Waals surface area contributed by atoms with Gasteiger partial charge in [-0.15, -0.1) is 0 Å². The predicted octanol–water partition coefficient (Wildman–Crippen LogP) is 3.86. The maximum Gasteiger partial charge on any atom is 0.124 e. The molecule has 1 aromatic heterocycles. The Morgan fingerprint density at radius 1 is 1.26 bits per heavy atom. The predicted molar refractivity (Wildman–Crippen MR) is 79.5 cm³/mol. The zero-order valence-electron chi connectivity index (χ0n) is 10.5. The van der Waals surface area contributed by atoms with Crippen molar-refractivity contribution in [2.45, 2.75) is 6.54 Å². The molecule has 19 heavy (non-hydrogen) atoms. The number of rotatable bonds is 3. The number of aromatic nitrogens is 2. The van der Waals surface area contributed by atoms with Crippen LogP contribution in [0, 0.1) is 0 Å². The molecule has 3 nitrogen and oxygen atoms in total. The summed E-state index contributed by atoms with van der Waals surface area (Å²) in [5.41, 5.74) is 1.15. The molecular formula is C15H13BrN2O. The molecule has 0 amide bonds. The molecule has 0 saturated heterocycles. The third-order valence-electron chi connectivity index (χ3n) is 3.15. The van der Waals surface area contributed by atoms with Gasteiger partial charge < -0.3 is 4.74 Å². The van der Waals surface area contributed by atoms with Crippen molar-refractivity contribution >= 4 is 26.7 Å². The smallest absolute Gasteiger partial charge is 0.124 e. The van der Waals surface area contributed by atoms with Crippen LogP contribution in [-0.2, 0) is 6.54 Å². The zero-order chi connectivity index (χ0) is 13.2. The van der Waals surface area contributed by atoms with Crippen molar-refractivity contribution < 1.29 is 4.74 Å². The molecule has 0 spiro atoms. The van der Waals surface area contributed by atoms with Gasteiger partial charge in [-0.2, -0.15) is 5.10 Å². The van der Waals surface area contributed by atoms with E-state index in [1.807, 2.05) is 29.1 Å². The third kappa shape index (κ3) is 2.36. The summed E-state index contributed by atoms with van der Waals surface area (Å²) in [5, 5.41) is 6.65. The van der Waals surface area contributed by atoms with E-state index in [1.165, 1.54) is 10.8 Å². The maximum absolute atomic E-state index is 5.48. The van der Waals surface area contributed by atoms with Gasteiger partial charge in [0.2, 0.25) is 0 Å². The van der Waals surface area contributed by atoms with E-state index in [2.05, 4.69) is 39.2 Å². The highest BCUT2D eigenvalue weighted by Gasteiger charge is 2.09. The molecule has 0 radical (unpaired) electrons. The Morgan fingerprint density at radius 2 is 2.16 bits per heavy atom. The number of benzene rings is 2. The van der Waals surface area contributed by atoms with Crippen LogP contribution in [0.15, 0.2) is 53.3 Å². The summed E-state index contributed by atoms with van der Waals surface area (Å²) in [7, 11) is 1.70. The summed E-state index contributed by atoms with van der Waals surface area (Å²) in [6, 6.07) is 12.3. The Hall–Kier alpha value is -1.81. The summed E-state index contributed by atoms with van der Waals surface area (Å²) in [6.07, 6.45) is 3.74. The van der Waals surface area contributed by atoms with E-state index in [1.54, 1.807) is 13.3 Å². The fraction of sp³-hybridized carbons (Fsp3) is 0.133. The van der Waals surface area contributed by atoms with Gasteiger partial charge in [0.1, 0.15) is 5.75 Å². The minimum Gasteiger partial charge on any atom is -0.496 e. The van der Waals surface area contributed by atoms with Crippen LogP contribution in [0.25, 0.3) is 10.8 Å². The Bertz CT molecular complexity index is 707. The zero-order valence-corrected chi connectivity index (χ0v) is 12.1. The number of fused-ring (bicyclic) bond motifs is 1. The van der Waals surface area contributed by atoms with Crippen molar-refractivity contribution in [1.29, 1.82) is 0 Å². The van der Waals surface area contributed by atoms with Gasteiger partial charge in [-0.25, -0.2) is 0 Å². The Labute approximate surface area is 119 Å². The Morgan fingerprint density at radius 3 is 2.89 bits per heavy atom. The molecule has 2 aromatic carbocycles. The number of hydrogen-bond acceptors (Lipinski definition) is 2. The van der Waals surface area contributed by atoms with Crippen molar-refractivity contribution in [3.05, 3.63) is 58.8 Å². The van der Waals surface area contributed by atoms with Gasteiger partial charge in [-0.3, -0.25) is 4.68 Å². The second kappa shape index (κ2) is 5.05. The fourth-order valence-electron chi connectivity index (χ4n) is 2.26. The number of ether oxygens (including phenoxy) is 1. The van der Waals surface area contributed by atoms with Gasteiger partial charge in [-0.05, 0) is 35.0 Å². The van der Waals surface area contributed by atoms with Crippen molar-refractivity contribution in [1.82, 2.24) is 9.78 Å². The second-order valence-corrected chi connectivity index (χ2v) is 5.23. The molecule has 0 saturated carbocycles. The molecule has 0 N–H and O–H groups in total. The fourth-order valence-corrected chi connectivity index (χ4v) is 2.63. The number of nitrogens with zero attached hydrogens (tertiary/aromatic N) is 2. The molecule has 0 atom stereocenters. The van der Waals surface area contributed by atoms with Crippen LogP contribution in [0.3, 0.4) is 0 Å². The van der Waals surface area contributed by atoms with Crippen LogP contribution >= 0.6 is 15.9 Å². The summed E-state index contributed by atoms with van der Waals surface area (Å²) in [5.74, 6) is 0.894. The molecule has 0 unspecified atom stereocenters. The summed E-state index contributed by atoms with van der Waals surface area (Å²) < 4.78 is 8.46. The van der Waals surface area contributed by atoms with Gasteiger partial charge in [0.15, 0.2) is 0 Å². The van der Waals surface area contributed by atoms with Crippen LogP contribution < -0.4 is 4.74 Å². The number of halogens is 1. The molecule has 4 heteroatoms. The lowest BCUT2D eigenvalue weighted by Crippen LogP contribution is -2.03. The van der Waals surface area contributed by atoms with Crippen LogP contribution in [0.1, 0.15) is 5.56 Å². The lowest BCUT2D eigenvalue weighted by molar-refractivity contribution is 0.408. The van der Waals surface area contributed by atoms with Crippen LogP contribution in [0.5, 0.6) is 5.75 Å². The molecule has 1 heterocycles. The molecule has 96 valence electrons. The highest BCUT2D eigenvalue weighted by atomic mass is 79.9. The monoisotopic (exact) mass is 316 g/mol. The first kappa shape index (κ1) is 12.2. The number of hydrogen-bond donors (Lipinski definition) is 0. The van der Waals surface area contributed by atoms with E-state index in [-0.39, 0.29) is 0 Å². The van der Waals surface area contributed by atoms with E-state index < -0.39 is 0 Å². The lowest BCUT2D eigenvalue weighted by atomic mass is 10.0. The molecule has 0 aliphatic carbocycles. The van der Waals surface area contributed by atoms with Crippen molar-refractivity contribution in [3.63, 3.8) is 0 Å². The van der Waals surface area contributed by atoms with Crippen molar-refractivity contribution in [2.75, 3.05) is 7.11 Å². The van der Waals surface area contributed by atoms with Gasteiger partial charge >= 0.3 is 0 Å². The molecule has 0 fully saturated rings. The average molecular weight is 317 g/mol. The standard InChI is InChI=1S/C15H13BrN2O/c1-19-15-6-3-11-9-12(16)4-5-13(11)14(15)10-18-8-2-7-17-18/h2-9H,10H2,1H3. The number of methoxy groups -OCH3 is 1. The molecule has 3 rings (SSSR count). The molecule has 3 aromatic rings. The Kier molecular flexibility index (Phi) is 3.25. The molecule has 0 aliphatic heterocycles. The SMILES string of the molecule is COc1ccc2cc(Br)ccc2c1Cn1cccn1. The first-order chi connectivity index (χ1) is 9.28. The normalized spacial score (nSPS) is 10.8. The molecular weight excluding hydrogens is 304 g/mol. The lowest BCUT2D eigenvalue weighted by Gasteiger charge is -2.12. The van der Waals surface area contributed by atoms with E-state index in [4.69, 9.17) is 4.74 Å². The van der Waals surface area contributed by atoms with E-state index >= 15 is 0 Å². The van der Waals surface area contributed by atoms with E-state index in [0.29, 0.717) is 6.54 Å². The van der Waals surface area contributed by atoms with Gasteiger partial charge in [0, 0.05) is 22.4 Å². The van der Waals surface area contributed by atoms with E-state index in [9.17, 15) is 0 Å². The van der Waals surface area contributed by atoms with Crippen LogP contribution in [0.4, 0.5) is 0 Å². The van der Waals surface area contributed by atoms with E-state index in [0.717, 1.165) is 15.8 Å². The first-order valence-corrected chi connectivity index (χ1v) is 6.80. The van der Waals surface area contributed by atoms with Crippen molar-refractivity contribution in [2.24, 2.45) is 0 Å². The third-order valence-corrected chi connectivity index (χ3v) is 3.64. The maximum atomic E-state index is 5.48. The largest absolute Gasteiger partial charge is 0.496 e. The van der Waals surface area contributed by atoms with Crippen LogP contribution in [0.2, 0.25) is 0 Å². The summed E-state index contributed by atoms with van der Waals surface area (Å²) >= 11 is 3.50. The van der Waals surface area contributed by atoms with Crippen LogP contribution in [-0.4, -0.2) is 16.9 Å². The highest BCUT2D eigenvalue weighted by Crippen LogP contribution is 2.30. The topological polar surface area (TPSA) is 27.1 Å². The second-order valence-electron chi connectivity index (χ2n) is 4.32. The quantitative estimate of drug-likeness (QED) is 0.733. The molecule has 0 bridgehead atoms. The summed E-state index contributed by atoms with van der Waals surface area (Å²) in [4.78, 5) is 0. The minimum atomic E-state index is 0.704. The molecule has 0 aliphatic rings. The minimum absolute atomic E-state index is 0.704. The van der Waals surface area contributed by atoms with Crippen molar-refractivity contribution in [3.8, 4) is 5.75 Å². The first-order valence-electron chi connectivity index (χ1n) is 6.00. The van der Waals surface area contributed by atoms with Gasteiger partial charge in [0.05, 0.1) is 13.7 Å². The van der Waals surface area contributed by atoms with Gasteiger partial charge in [0.25, 0.3) is 0 Å². The summed E-state index contributed by atoms with van der Waals surface area (Å²) in [6.45, 7) is 0.704.